The van der Waals surface area contributed by atoms with Gasteiger partial charge in [0.25, 0.3) is 0 Å². The summed E-state index contributed by atoms with van der Waals surface area (Å²) >= 11 is 8.54. The van der Waals surface area contributed by atoms with Gasteiger partial charge >= 0.3 is 0 Å². The summed E-state index contributed by atoms with van der Waals surface area (Å²) in [5.41, 5.74) is 6.08. The van der Waals surface area contributed by atoms with Crippen LogP contribution in [0.15, 0.2) is 28.6 Å². The highest BCUT2D eigenvalue weighted by molar-refractivity contribution is 8.02. The van der Waals surface area contributed by atoms with E-state index < -0.39 is 0 Å². The molecule has 0 saturated carbocycles. The number of hydrogen-bond donors (Lipinski definition) is 2. The summed E-state index contributed by atoms with van der Waals surface area (Å²) in [5, 5.41) is 10.9. The zero-order valence-electron chi connectivity index (χ0n) is 9.96. The van der Waals surface area contributed by atoms with Crippen molar-refractivity contribution >= 4 is 51.4 Å². The molecular formula is C11H11ClN4OS2. The van der Waals surface area contributed by atoms with Crippen LogP contribution in [0.25, 0.3) is 0 Å². The Balaban J connectivity index is 1.98. The monoisotopic (exact) mass is 314 g/mol. The Hall–Kier alpha value is -1.31. The van der Waals surface area contributed by atoms with Crippen molar-refractivity contribution in [3.63, 3.8) is 0 Å². The maximum Gasteiger partial charge on any atom is 0.237 e. The highest BCUT2D eigenvalue weighted by atomic mass is 35.5. The number of carbonyl (C=O) groups is 1. The molecule has 0 spiro atoms. The Morgan fingerprint density at radius 3 is 2.84 bits per heavy atom. The molecule has 0 fully saturated rings. The van der Waals surface area contributed by atoms with E-state index in [1.165, 1.54) is 23.1 Å². The minimum absolute atomic E-state index is 0.146. The number of nitrogens with two attached hydrogens (primary N) is 1. The lowest BCUT2D eigenvalue weighted by atomic mass is 10.3. The average Bonchev–Trinajstić information content (AvgIpc) is 2.77. The number of aromatic nitrogens is 2. The van der Waals surface area contributed by atoms with Crippen molar-refractivity contribution in [3.05, 3.63) is 29.3 Å². The number of amides is 1. The second kappa shape index (κ2) is 6.23. The largest absolute Gasteiger partial charge is 0.374 e. The molecule has 1 heterocycles. The SMILES string of the molecule is C[C@H](Sc1nnc(N)s1)C(=O)Nc1ccccc1Cl. The van der Waals surface area contributed by atoms with Gasteiger partial charge in [-0.25, -0.2) is 0 Å². The van der Waals surface area contributed by atoms with Crippen molar-refractivity contribution in [3.8, 4) is 0 Å². The summed E-state index contributed by atoms with van der Waals surface area (Å²) < 4.78 is 0.666. The summed E-state index contributed by atoms with van der Waals surface area (Å²) in [6.07, 6.45) is 0. The molecule has 2 aromatic rings. The van der Waals surface area contributed by atoms with Crippen molar-refractivity contribution in [1.29, 1.82) is 0 Å². The Morgan fingerprint density at radius 1 is 1.47 bits per heavy atom. The van der Waals surface area contributed by atoms with Crippen LogP contribution in [0.5, 0.6) is 0 Å². The zero-order valence-corrected chi connectivity index (χ0v) is 12.4. The number of nitrogen functional groups attached to an aromatic ring is 1. The number of para-hydroxylation sites is 1. The molecule has 0 saturated heterocycles. The minimum atomic E-state index is -0.316. The highest BCUT2D eigenvalue weighted by Crippen LogP contribution is 2.28. The lowest BCUT2D eigenvalue weighted by molar-refractivity contribution is -0.115. The normalized spacial score (nSPS) is 12.1. The predicted octanol–water partition coefficient (Wildman–Crippen LogP) is 2.89. The van der Waals surface area contributed by atoms with E-state index in [0.717, 1.165) is 0 Å². The summed E-state index contributed by atoms with van der Waals surface area (Å²) in [4.78, 5) is 12.0. The molecule has 0 aliphatic carbocycles. The maximum absolute atomic E-state index is 12.0. The molecule has 5 nitrogen and oxygen atoms in total. The zero-order chi connectivity index (χ0) is 13.8. The molecule has 0 aliphatic heterocycles. The first-order valence-electron chi connectivity index (χ1n) is 5.37. The first kappa shape index (κ1) is 14.1. The standard InChI is InChI=1S/C11H11ClN4OS2/c1-6(18-11-16-15-10(13)19-11)9(17)14-8-5-3-2-4-7(8)12/h2-6H,1H3,(H2,13,15)(H,14,17)/t6-/m0/s1. The fourth-order valence-corrected chi connectivity index (χ4v) is 3.23. The molecule has 1 aromatic carbocycles. The predicted molar refractivity (Wildman–Crippen MR) is 79.7 cm³/mol. The molecule has 0 aliphatic rings. The molecule has 0 radical (unpaired) electrons. The van der Waals surface area contributed by atoms with Crippen LogP contribution in [0.2, 0.25) is 5.02 Å². The molecule has 0 bridgehead atoms. The van der Waals surface area contributed by atoms with Gasteiger partial charge in [-0.3, -0.25) is 4.79 Å². The van der Waals surface area contributed by atoms with Crippen LogP contribution in [0.4, 0.5) is 10.8 Å². The van der Waals surface area contributed by atoms with Crippen LogP contribution in [-0.2, 0) is 4.79 Å². The van der Waals surface area contributed by atoms with E-state index in [2.05, 4.69) is 15.5 Å². The van der Waals surface area contributed by atoms with Crippen molar-refractivity contribution in [2.45, 2.75) is 16.5 Å². The van der Waals surface area contributed by atoms with E-state index in [-0.39, 0.29) is 11.2 Å². The van der Waals surface area contributed by atoms with Gasteiger partial charge in [-0.05, 0) is 19.1 Å². The molecule has 8 heteroatoms. The third-order valence-corrected chi connectivity index (χ3v) is 4.47. The molecular weight excluding hydrogens is 304 g/mol. The van der Waals surface area contributed by atoms with Gasteiger partial charge in [-0.1, -0.05) is 46.8 Å². The lowest BCUT2D eigenvalue weighted by Gasteiger charge is -2.11. The first-order chi connectivity index (χ1) is 9.06. The van der Waals surface area contributed by atoms with Crippen LogP contribution in [-0.4, -0.2) is 21.4 Å². The first-order valence-corrected chi connectivity index (χ1v) is 7.44. The van der Waals surface area contributed by atoms with Gasteiger partial charge in [0, 0.05) is 0 Å². The molecule has 0 unspecified atom stereocenters. The maximum atomic E-state index is 12.0. The Morgan fingerprint density at radius 2 is 2.21 bits per heavy atom. The summed E-state index contributed by atoms with van der Waals surface area (Å²) in [5.74, 6) is -0.146. The van der Waals surface area contributed by atoms with Crippen LogP contribution < -0.4 is 11.1 Å². The number of anilines is 2. The smallest absolute Gasteiger partial charge is 0.237 e. The number of benzene rings is 1. The number of nitrogens with one attached hydrogen (secondary N) is 1. The van der Waals surface area contributed by atoms with Gasteiger partial charge < -0.3 is 11.1 Å². The number of rotatable bonds is 4. The van der Waals surface area contributed by atoms with Crippen molar-refractivity contribution in [1.82, 2.24) is 10.2 Å². The van der Waals surface area contributed by atoms with Gasteiger partial charge in [-0.15, -0.1) is 10.2 Å². The Labute approximate surface area is 123 Å². The third kappa shape index (κ3) is 3.82. The van der Waals surface area contributed by atoms with Crippen LogP contribution >= 0.6 is 34.7 Å². The molecule has 100 valence electrons. The highest BCUT2D eigenvalue weighted by Gasteiger charge is 2.17. The van der Waals surface area contributed by atoms with E-state index >= 15 is 0 Å². The fourth-order valence-electron chi connectivity index (χ4n) is 1.27. The number of nitrogens with zero attached hydrogens (tertiary/aromatic N) is 2. The molecule has 2 rings (SSSR count). The molecule has 19 heavy (non-hydrogen) atoms. The van der Waals surface area contributed by atoms with Crippen molar-refractivity contribution in [2.24, 2.45) is 0 Å². The van der Waals surface area contributed by atoms with Gasteiger partial charge in [0.15, 0.2) is 4.34 Å². The number of thioether (sulfide) groups is 1. The minimum Gasteiger partial charge on any atom is -0.374 e. The Bertz CT molecular complexity index is 590. The number of hydrogen-bond acceptors (Lipinski definition) is 6. The topological polar surface area (TPSA) is 80.9 Å². The van der Waals surface area contributed by atoms with Crippen molar-refractivity contribution < 1.29 is 4.79 Å². The molecule has 1 amide bonds. The van der Waals surface area contributed by atoms with E-state index in [9.17, 15) is 4.79 Å². The van der Waals surface area contributed by atoms with Crippen molar-refractivity contribution in [2.75, 3.05) is 11.1 Å². The van der Waals surface area contributed by atoms with Gasteiger partial charge in [-0.2, -0.15) is 0 Å². The lowest BCUT2D eigenvalue weighted by Crippen LogP contribution is -2.22. The second-order valence-corrected chi connectivity index (χ2v) is 6.64. The molecule has 3 N–H and O–H groups in total. The summed E-state index contributed by atoms with van der Waals surface area (Å²) in [6, 6.07) is 7.09. The molecule has 1 atom stereocenters. The second-order valence-electron chi connectivity index (χ2n) is 3.64. The summed E-state index contributed by atoms with van der Waals surface area (Å²) in [6.45, 7) is 1.79. The van der Waals surface area contributed by atoms with E-state index in [1.54, 1.807) is 25.1 Å². The van der Waals surface area contributed by atoms with E-state index in [0.29, 0.717) is 20.2 Å². The van der Waals surface area contributed by atoms with E-state index in [1.807, 2.05) is 6.07 Å². The van der Waals surface area contributed by atoms with Gasteiger partial charge in [0.05, 0.1) is 16.0 Å². The van der Waals surface area contributed by atoms with Gasteiger partial charge in [0.2, 0.25) is 11.0 Å². The quantitative estimate of drug-likeness (QED) is 0.848. The fraction of sp³-hybridized carbons (Fsp3) is 0.182. The van der Waals surface area contributed by atoms with Crippen LogP contribution in [0.3, 0.4) is 0 Å². The third-order valence-electron chi connectivity index (χ3n) is 2.20. The molecule has 1 aromatic heterocycles. The Kier molecular flexibility index (Phi) is 4.62. The number of halogens is 1. The van der Waals surface area contributed by atoms with Gasteiger partial charge in [0.1, 0.15) is 0 Å². The summed E-state index contributed by atoms with van der Waals surface area (Å²) in [7, 11) is 0. The van der Waals surface area contributed by atoms with Crippen LogP contribution in [0.1, 0.15) is 6.92 Å². The van der Waals surface area contributed by atoms with Crippen LogP contribution in [0, 0.1) is 0 Å². The average molecular weight is 315 g/mol. The van der Waals surface area contributed by atoms with E-state index in [4.69, 9.17) is 17.3 Å². The number of carbonyl (C=O) groups excluding carboxylic acids is 1.